The molecule has 1 unspecified atom stereocenters. The SMILES string of the molecule is CCCn1ccc(CNCC2(C)CCCS2)c1. The number of aryl methyl sites for hydroxylation is 1. The van der Waals surface area contributed by atoms with Crippen LogP contribution in [0.15, 0.2) is 18.5 Å². The van der Waals surface area contributed by atoms with Crippen molar-refractivity contribution in [3.8, 4) is 0 Å². The summed E-state index contributed by atoms with van der Waals surface area (Å²) in [4.78, 5) is 0. The number of thioether (sulfide) groups is 1. The highest BCUT2D eigenvalue weighted by Gasteiger charge is 2.28. The van der Waals surface area contributed by atoms with Crippen molar-refractivity contribution in [1.82, 2.24) is 9.88 Å². The van der Waals surface area contributed by atoms with Crippen LogP contribution in [0.4, 0.5) is 0 Å². The lowest BCUT2D eigenvalue weighted by molar-refractivity contribution is 0.536. The number of nitrogens with one attached hydrogen (secondary N) is 1. The monoisotopic (exact) mass is 252 g/mol. The van der Waals surface area contributed by atoms with Gasteiger partial charge in [0.2, 0.25) is 0 Å². The number of aromatic nitrogens is 1. The molecule has 2 rings (SSSR count). The van der Waals surface area contributed by atoms with Crippen molar-refractivity contribution < 1.29 is 0 Å². The minimum absolute atomic E-state index is 0.478. The zero-order chi connectivity index (χ0) is 12.1. The Labute approximate surface area is 109 Å². The van der Waals surface area contributed by atoms with E-state index in [1.54, 1.807) is 0 Å². The third kappa shape index (κ3) is 3.78. The second-order valence-corrected chi connectivity index (χ2v) is 6.95. The first-order chi connectivity index (χ1) is 8.22. The van der Waals surface area contributed by atoms with E-state index in [-0.39, 0.29) is 0 Å². The average molecular weight is 252 g/mol. The van der Waals surface area contributed by atoms with Gasteiger partial charge in [0, 0.05) is 36.8 Å². The molecule has 1 N–H and O–H groups in total. The molecular formula is C14H24N2S. The summed E-state index contributed by atoms with van der Waals surface area (Å²) in [6, 6.07) is 2.23. The maximum atomic E-state index is 3.61. The van der Waals surface area contributed by atoms with Crippen LogP contribution >= 0.6 is 11.8 Å². The topological polar surface area (TPSA) is 17.0 Å². The van der Waals surface area contributed by atoms with Crippen LogP contribution in [-0.4, -0.2) is 21.6 Å². The van der Waals surface area contributed by atoms with E-state index in [0.29, 0.717) is 4.75 Å². The van der Waals surface area contributed by atoms with Gasteiger partial charge >= 0.3 is 0 Å². The summed E-state index contributed by atoms with van der Waals surface area (Å²) in [7, 11) is 0. The summed E-state index contributed by atoms with van der Waals surface area (Å²) >= 11 is 2.13. The number of hydrogen-bond donors (Lipinski definition) is 1. The molecule has 2 heterocycles. The molecule has 1 saturated heterocycles. The lowest BCUT2D eigenvalue weighted by atomic mass is 10.1. The molecule has 1 aromatic rings. The summed E-state index contributed by atoms with van der Waals surface area (Å²) < 4.78 is 2.76. The van der Waals surface area contributed by atoms with Gasteiger partial charge in [0.05, 0.1) is 0 Å². The molecule has 1 aliphatic rings. The highest BCUT2D eigenvalue weighted by Crippen LogP contribution is 2.36. The van der Waals surface area contributed by atoms with Crippen LogP contribution in [0.1, 0.15) is 38.7 Å². The molecular weight excluding hydrogens is 228 g/mol. The lowest BCUT2D eigenvalue weighted by Crippen LogP contribution is -2.32. The van der Waals surface area contributed by atoms with E-state index in [2.05, 4.69) is 54.0 Å². The Morgan fingerprint density at radius 1 is 1.53 bits per heavy atom. The fraction of sp³-hybridized carbons (Fsp3) is 0.714. The molecule has 0 bridgehead atoms. The lowest BCUT2D eigenvalue weighted by Gasteiger charge is -2.22. The molecule has 0 spiro atoms. The highest BCUT2D eigenvalue weighted by molar-refractivity contribution is 8.00. The van der Waals surface area contributed by atoms with Gasteiger partial charge in [0.15, 0.2) is 0 Å². The summed E-state index contributed by atoms with van der Waals surface area (Å²) in [6.45, 7) is 7.88. The molecule has 0 aliphatic carbocycles. The van der Waals surface area contributed by atoms with E-state index in [4.69, 9.17) is 0 Å². The van der Waals surface area contributed by atoms with Crippen LogP contribution in [0.25, 0.3) is 0 Å². The van der Waals surface area contributed by atoms with E-state index >= 15 is 0 Å². The van der Waals surface area contributed by atoms with Gasteiger partial charge in [-0.05, 0) is 43.6 Å². The quantitative estimate of drug-likeness (QED) is 0.837. The van der Waals surface area contributed by atoms with E-state index in [0.717, 1.165) is 19.6 Å². The molecule has 0 saturated carbocycles. The second-order valence-electron chi connectivity index (χ2n) is 5.26. The van der Waals surface area contributed by atoms with Gasteiger partial charge < -0.3 is 9.88 Å². The Balaban J connectivity index is 1.73. The minimum Gasteiger partial charge on any atom is -0.354 e. The van der Waals surface area contributed by atoms with Gasteiger partial charge in [0.25, 0.3) is 0 Å². The number of rotatable bonds is 6. The van der Waals surface area contributed by atoms with Crippen molar-refractivity contribution in [2.24, 2.45) is 0 Å². The molecule has 1 aromatic heterocycles. The fourth-order valence-electron chi connectivity index (χ4n) is 2.44. The van der Waals surface area contributed by atoms with Crippen molar-refractivity contribution >= 4 is 11.8 Å². The normalized spacial score (nSPS) is 24.4. The average Bonchev–Trinajstić information content (AvgIpc) is 2.90. The summed E-state index contributed by atoms with van der Waals surface area (Å²) in [5, 5.41) is 3.61. The smallest absolute Gasteiger partial charge is 0.0256 e. The third-order valence-corrected chi connectivity index (χ3v) is 4.96. The Hall–Kier alpha value is -0.410. The van der Waals surface area contributed by atoms with E-state index < -0.39 is 0 Å². The molecule has 1 fully saturated rings. The summed E-state index contributed by atoms with van der Waals surface area (Å²) in [5.41, 5.74) is 1.41. The number of nitrogens with zero attached hydrogens (tertiary/aromatic N) is 1. The van der Waals surface area contributed by atoms with Crippen LogP contribution < -0.4 is 5.32 Å². The maximum absolute atomic E-state index is 3.61. The summed E-state index contributed by atoms with van der Waals surface area (Å²) in [5.74, 6) is 1.34. The van der Waals surface area contributed by atoms with Crippen molar-refractivity contribution in [2.45, 2.75) is 50.9 Å². The van der Waals surface area contributed by atoms with Crippen LogP contribution in [0.5, 0.6) is 0 Å². The molecule has 0 aromatic carbocycles. The van der Waals surface area contributed by atoms with Crippen molar-refractivity contribution in [1.29, 1.82) is 0 Å². The van der Waals surface area contributed by atoms with Crippen molar-refractivity contribution in [3.05, 3.63) is 24.0 Å². The first-order valence-electron chi connectivity index (χ1n) is 6.71. The van der Waals surface area contributed by atoms with Crippen LogP contribution in [0, 0.1) is 0 Å². The zero-order valence-electron chi connectivity index (χ0n) is 11.0. The molecule has 17 heavy (non-hydrogen) atoms. The Kier molecular flexibility index (Phi) is 4.57. The first-order valence-corrected chi connectivity index (χ1v) is 7.70. The van der Waals surface area contributed by atoms with Crippen LogP contribution in [0.3, 0.4) is 0 Å². The molecule has 2 nitrogen and oxygen atoms in total. The molecule has 96 valence electrons. The van der Waals surface area contributed by atoms with Gasteiger partial charge in [-0.3, -0.25) is 0 Å². The standard InChI is InChI=1S/C14H24N2S/c1-3-7-16-8-5-13(11-16)10-15-12-14(2)6-4-9-17-14/h5,8,11,15H,3-4,6-7,9-10,12H2,1-2H3. The minimum atomic E-state index is 0.478. The molecule has 0 amide bonds. The molecule has 3 heteroatoms. The van der Waals surface area contributed by atoms with Gasteiger partial charge in [-0.15, -0.1) is 0 Å². The van der Waals surface area contributed by atoms with E-state index in [1.165, 1.54) is 30.6 Å². The molecule has 1 aliphatic heterocycles. The van der Waals surface area contributed by atoms with Crippen molar-refractivity contribution in [3.63, 3.8) is 0 Å². The van der Waals surface area contributed by atoms with Gasteiger partial charge in [0.1, 0.15) is 0 Å². The predicted octanol–water partition coefficient (Wildman–Crippen LogP) is 3.27. The maximum Gasteiger partial charge on any atom is 0.0256 e. The Bertz CT molecular complexity index is 340. The number of hydrogen-bond acceptors (Lipinski definition) is 2. The predicted molar refractivity (Wildman–Crippen MR) is 76.5 cm³/mol. The fourth-order valence-corrected chi connectivity index (χ4v) is 3.71. The van der Waals surface area contributed by atoms with Gasteiger partial charge in [-0.1, -0.05) is 6.92 Å². The van der Waals surface area contributed by atoms with Crippen LogP contribution in [0.2, 0.25) is 0 Å². The zero-order valence-corrected chi connectivity index (χ0v) is 11.9. The second kappa shape index (κ2) is 5.96. The van der Waals surface area contributed by atoms with Crippen LogP contribution in [-0.2, 0) is 13.1 Å². The largest absolute Gasteiger partial charge is 0.354 e. The molecule has 0 radical (unpaired) electrons. The highest BCUT2D eigenvalue weighted by atomic mass is 32.2. The third-order valence-electron chi connectivity index (χ3n) is 3.42. The van der Waals surface area contributed by atoms with E-state index in [9.17, 15) is 0 Å². The summed E-state index contributed by atoms with van der Waals surface area (Å²) in [6.07, 6.45) is 8.40. The van der Waals surface area contributed by atoms with E-state index in [1.807, 2.05) is 0 Å². The first kappa shape index (κ1) is 13.0. The van der Waals surface area contributed by atoms with Gasteiger partial charge in [-0.2, -0.15) is 11.8 Å². The van der Waals surface area contributed by atoms with Gasteiger partial charge in [-0.25, -0.2) is 0 Å². The Morgan fingerprint density at radius 2 is 2.41 bits per heavy atom. The van der Waals surface area contributed by atoms with Crippen molar-refractivity contribution in [2.75, 3.05) is 12.3 Å². The Morgan fingerprint density at radius 3 is 3.12 bits per heavy atom. The molecule has 1 atom stereocenters.